The van der Waals surface area contributed by atoms with E-state index in [2.05, 4.69) is 45.0 Å². The van der Waals surface area contributed by atoms with Crippen LogP contribution in [0.4, 0.5) is 0 Å². The molecule has 5 nitrogen and oxygen atoms in total. The minimum absolute atomic E-state index is 0.0146. The van der Waals surface area contributed by atoms with E-state index in [1.165, 1.54) is 0 Å². The van der Waals surface area contributed by atoms with Gasteiger partial charge in [0.1, 0.15) is 0 Å². The number of nitrogens with one attached hydrogen (secondary N) is 1. The monoisotopic (exact) mass is 415 g/mol. The highest BCUT2D eigenvalue weighted by Crippen LogP contribution is 2.28. The van der Waals surface area contributed by atoms with Crippen molar-refractivity contribution in [3.05, 3.63) is 28.7 Å². The second kappa shape index (κ2) is 7.87. The van der Waals surface area contributed by atoms with Gasteiger partial charge in [-0.1, -0.05) is 29.8 Å². The normalized spacial score (nSPS) is 18.0. The summed E-state index contributed by atoms with van der Waals surface area (Å²) in [5, 5.41) is 3.27. The van der Waals surface area contributed by atoms with Crippen LogP contribution in [0, 0.1) is 5.41 Å². The second-order valence-electron chi connectivity index (χ2n) is 6.84. The van der Waals surface area contributed by atoms with E-state index in [4.69, 9.17) is 0 Å². The summed E-state index contributed by atoms with van der Waals surface area (Å²) in [5.41, 5.74) is 0.277. The van der Waals surface area contributed by atoms with E-state index < -0.39 is 9.84 Å². The third-order valence-corrected chi connectivity index (χ3v) is 6.35. The number of guanidine groups is 1. The maximum Gasteiger partial charge on any atom is 0.193 e. The maximum absolute atomic E-state index is 12.4. The minimum atomic E-state index is -3.31. The van der Waals surface area contributed by atoms with Crippen molar-refractivity contribution in [2.75, 3.05) is 31.9 Å². The number of aliphatic imine (C=N–C) groups is 1. The van der Waals surface area contributed by atoms with E-state index in [1.54, 1.807) is 24.3 Å². The highest BCUT2D eigenvalue weighted by atomic mass is 79.9. The van der Waals surface area contributed by atoms with Gasteiger partial charge in [0, 0.05) is 24.1 Å². The lowest BCUT2D eigenvalue weighted by Gasteiger charge is -2.23. The first kappa shape index (κ1) is 19.2. The summed E-state index contributed by atoms with van der Waals surface area (Å²) < 4.78 is 25.6. The number of sulfone groups is 1. The molecule has 0 unspecified atom stereocenters. The number of likely N-dealkylation sites (tertiary alicyclic amines) is 1. The first-order chi connectivity index (χ1) is 11.2. The third-order valence-electron chi connectivity index (χ3n) is 4.11. The van der Waals surface area contributed by atoms with Crippen LogP contribution in [0.3, 0.4) is 0 Å². The van der Waals surface area contributed by atoms with Gasteiger partial charge in [0.2, 0.25) is 0 Å². The fourth-order valence-electron chi connectivity index (χ4n) is 2.75. The average Bonchev–Trinajstić information content (AvgIpc) is 2.87. The van der Waals surface area contributed by atoms with Crippen molar-refractivity contribution in [1.29, 1.82) is 0 Å². The lowest BCUT2D eigenvalue weighted by atomic mass is 9.93. The predicted molar refractivity (Wildman–Crippen MR) is 102 cm³/mol. The molecular weight excluding hydrogens is 390 g/mol. The van der Waals surface area contributed by atoms with E-state index >= 15 is 0 Å². The Kier molecular flexibility index (Phi) is 6.31. The average molecular weight is 416 g/mol. The van der Waals surface area contributed by atoms with E-state index in [0.717, 1.165) is 36.5 Å². The molecule has 2 rings (SSSR count). The molecule has 7 heteroatoms. The molecule has 0 saturated carbocycles. The van der Waals surface area contributed by atoms with Crippen molar-refractivity contribution in [1.82, 2.24) is 10.2 Å². The molecule has 134 valence electrons. The van der Waals surface area contributed by atoms with Crippen LogP contribution in [-0.2, 0) is 9.84 Å². The molecule has 1 aliphatic rings. The molecule has 0 spiro atoms. The number of hydrogen-bond acceptors (Lipinski definition) is 3. The Labute approximate surface area is 153 Å². The molecule has 1 saturated heterocycles. The molecule has 1 N–H and O–H groups in total. The number of hydrogen-bond donors (Lipinski definition) is 1. The lowest BCUT2D eigenvalue weighted by molar-refractivity contribution is 0.370. The molecular formula is C17H26BrN3O2S. The molecule has 0 amide bonds. The van der Waals surface area contributed by atoms with E-state index in [-0.39, 0.29) is 17.7 Å². The van der Waals surface area contributed by atoms with Crippen molar-refractivity contribution in [3.63, 3.8) is 0 Å². The smallest absolute Gasteiger partial charge is 0.193 e. The van der Waals surface area contributed by atoms with Gasteiger partial charge in [-0.15, -0.1) is 0 Å². The Bertz CT molecular complexity index is 684. The van der Waals surface area contributed by atoms with Crippen LogP contribution < -0.4 is 5.32 Å². The second-order valence-corrected chi connectivity index (χ2v) is 9.87. The summed E-state index contributed by atoms with van der Waals surface area (Å²) in [6.45, 7) is 9.45. The van der Waals surface area contributed by atoms with Gasteiger partial charge < -0.3 is 10.2 Å². The summed E-state index contributed by atoms with van der Waals surface area (Å²) in [6.07, 6.45) is 1.12. The molecule has 0 radical (unpaired) electrons. The van der Waals surface area contributed by atoms with Crippen LogP contribution in [0.5, 0.6) is 0 Å². The Morgan fingerprint density at radius 2 is 2.00 bits per heavy atom. The van der Waals surface area contributed by atoms with Crippen LogP contribution in [0.15, 0.2) is 38.6 Å². The Hall–Kier alpha value is -1.08. The van der Waals surface area contributed by atoms with E-state index in [1.807, 2.05) is 6.92 Å². The molecule has 1 heterocycles. The van der Waals surface area contributed by atoms with Gasteiger partial charge in [-0.25, -0.2) is 8.42 Å². The molecule has 0 bridgehead atoms. The fraction of sp³-hybridized carbons (Fsp3) is 0.588. The first-order valence-corrected chi connectivity index (χ1v) is 10.7. The van der Waals surface area contributed by atoms with E-state index in [0.29, 0.717) is 4.90 Å². The first-order valence-electron chi connectivity index (χ1n) is 8.25. The molecule has 0 atom stereocenters. The Balaban J connectivity index is 2.02. The van der Waals surface area contributed by atoms with Crippen molar-refractivity contribution in [2.45, 2.75) is 32.1 Å². The zero-order valence-electron chi connectivity index (χ0n) is 14.5. The van der Waals surface area contributed by atoms with E-state index in [9.17, 15) is 8.42 Å². The standard InChI is InChI=1S/C17H26BrN3O2S/c1-4-19-16(21-11-9-17(2,3)13-21)20-10-12-24(22,23)15-7-5-14(18)6-8-15/h5-8H,4,9-13H2,1-3H3,(H,19,20). The minimum Gasteiger partial charge on any atom is -0.357 e. The van der Waals surface area contributed by atoms with Crippen LogP contribution in [-0.4, -0.2) is 51.2 Å². The molecule has 24 heavy (non-hydrogen) atoms. The van der Waals surface area contributed by atoms with Gasteiger partial charge in [-0.05, 0) is 43.0 Å². The van der Waals surface area contributed by atoms with Gasteiger partial charge in [0.15, 0.2) is 15.8 Å². The predicted octanol–water partition coefficient (Wildman–Crippen LogP) is 2.92. The van der Waals surface area contributed by atoms with Crippen LogP contribution >= 0.6 is 15.9 Å². The highest BCUT2D eigenvalue weighted by molar-refractivity contribution is 9.10. The maximum atomic E-state index is 12.4. The number of nitrogens with zero attached hydrogens (tertiary/aromatic N) is 2. The molecule has 1 aromatic rings. The zero-order valence-corrected chi connectivity index (χ0v) is 17.0. The van der Waals surface area contributed by atoms with Gasteiger partial charge in [0.25, 0.3) is 0 Å². The van der Waals surface area contributed by atoms with Crippen molar-refractivity contribution in [2.24, 2.45) is 10.4 Å². The Morgan fingerprint density at radius 1 is 1.33 bits per heavy atom. The lowest BCUT2D eigenvalue weighted by Crippen LogP contribution is -2.41. The van der Waals surface area contributed by atoms with Crippen LogP contribution in [0.25, 0.3) is 0 Å². The SMILES string of the molecule is CCNC(=NCCS(=O)(=O)c1ccc(Br)cc1)N1CCC(C)(C)C1. The molecule has 1 aromatic carbocycles. The summed E-state index contributed by atoms with van der Waals surface area (Å²) in [4.78, 5) is 7.09. The summed E-state index contributed by atoms with van der Waals surface area (Å²) in [6, 6.07) is 6.73. The van der Waals surface area contributed by atoms with Crippen molar-refractivity contribution < 1.29 is 8.42 Å². The molecule has 0 aromatic heterocycles. The molecule has 1 fully saturated rings. The molecule has 1 aliphatic heterocycles. The quantitative estimate of drug-likeness (QED) is 0.592. The van der Waals surface area contributed by atoms with Crippen molar-refractivity contribution in [3.8, 4) is 0 Å². The number of benzene rings is 1. The summed E-state index contributed by atoms with van der Waals surface area (Å²) in [5.74, 6) is 0.829. The Morgan fingerprint density at radius 3 is 2.54 bits per heavy atom. The zero-order chi connectivity index (χ0) is 17.8. The topological polar surface area (TPSA) is 61.8 Å². The molecule has 0 aliphatic carbocycles. The fourth-order valence-corrected chi connectivity index (χ4v) is 4.13. The highest BCUT2D eigenvalue weighted by Gasteiger charge is 2.30. The summed E-state index contributed by atoms with van der Waals surface area (Å²) >= 11 is 3.32. The van der Waals surface area contributed by atoms with Gasteiger partial charge in [-0.3, -0.25) is 4.99 Å². The van der Waals surface area contributed by atoms with Gasteiger partial charge >= 0.3 is 0 Å². The third kappa shape index (κ3) is 5.21. The number of halogens is 1. The van der Waals surface area contributed by atoms with Crippen LogP contribution in [0.1, 0.15) is 27.2 Å². The van der Waals surface area contributed by atoms with Crippen LogP contribution in [0.2, 0.25) is 0 Å². The largest absolute Gasteiger partial charge is 0.357 e. The summed E-state index contributed by atoms with van der Waals surface area (Å²) in [7, 11) is -3.31. The van der Waals surface area contributed by atoms with Crippen molar-refractivity contribution >= 4 is 31.7 Å². The number of rotatable bonds is 5. The van der Waals surface area contributed by atoms with Gasteiger partial charge in [0.05, 0.1) is 17.2 Å². The van der Waals surface area contributed by atoms with Gasteiger partial charge in [-0.2, -0.15) is 0 Å².